The molecule has 3 aromatic carbocycles. The molecular weight excluding hydrogens is 464 g/mol. The molecule has 0 spiro atoms. The number of unbranched alkanes of at least 4 members (excludes halogenated alkanes) is 1. The number of nitrogens with zero attached hydrogens (tertiary/aromatic N) is 2. The van der Waals surface area contributed by atoms with Crippen LogP contribution in [0.1, 0.15) is 41.3 Å². The SMILES string of the molecule is CCCCN(C)S(=O)(=O)c1ccc2c(c1)/C(=C(/O)c1ccccc1)C(=O)N2C(=O)c1ccccc1. The Bertz CT molecular complexity index is 1400. The zero-order valence-electron chi connectivity index (χ0n) is 19.5. The van der Waals surface area contributed by atoms with E-state index in [1.54, 1.807) is 60.7 Å². The summed E-state index contributed by atoms with van der Waals surface area (Å²) in [5.74, 6) is -1.61. The maximum atomic E-state index is 13.6. The molecule has 1 aliphatic rings. The van der Waals surface area contributed by atoms with Gasteiger partial charge in [-0.2, -0.15) is 0 Å². The molecule has 0 atom stereocenters. The Morgan fingerprint density at radius 3 is 2.14 bits per heavy atom. The first-order valence-electron chi connectivity index (χ1n) is 11.3. The van der Waals surface area contributed by atoms with Crippen molar-refractivity contribution in [2.75, 3.05) is 18.5 Å². The Morgan fingerprint density at radius 1 is 0.943 bits per heavy atom. The van der Waals surface area contributed by atoms with E-state index in [1.165, 1.54) is 29.6 Å². The lowest BCUT2D eigenvalue weighted by Crippen LogP contribution is -2.33. The van der Waals surface area contributed by atoms with Crippen LogP contribution in [0, 0.1) is 0 Å². The number of fused-ring (bicyclic) bond motifs is 1. The fourth-order valence-electron chi connectivity index (χ4n) is 3.97. The van der Waals surface area contributed by atoms with Crippen LogP contribution < -0.4 is 4.90 Å². The largest absolute Gasteiger partial charge is 0.506 e. The second-order valence-corrected chi connectivity index (χ2v) is 10.3. The zero-order chi connectivity index (χ0) is 25.2. The summed E-state index contributed by atoms with van der Waals surface area (Å²) in [5, 5.41) is 11.1. The van der Waals surface area contributed by atoms with Crippen LogP contribution in [0.15, 0.2) is 83.8 Å². The van der Waals surface area contributed by atoms with Crippen molar-refractivity contribution in [3.05, 3.63) is 95.6 Å². The Hall–Kier alpha value is -3.75. The van der Waals surface area contributed by atoms with Crippen LogP contribution in [0.25, 0.3) is 11.3 Å². The number of sulfonamides is 1. The second-order valence-electron chi connectivity index (χ2n) is 8.26. The van der Waals surface area contributed by atoms with Crippen LogP contribution in [0.4, 0.5) is 5.69 Å². The first-order chi connectivity index (χ1) is 16.8. The van der Waals surface area contributed by atoms with Crippen molar-refractivity contribution in [3.8, 4) is 0 Å². The number of hydrogen-bond acceptors (Lipinski definition) is 5. The fourth-order valence-corrected chi connectivity index (χ4v) is 5.20. The summed E-state index contributed by atoms with van der Waals surface area (Å²) in [6.07, 6.45) is 1.55. The molecule has 1 heterocycles. The van der Waals surface area contributed by atoms with E-state index >= 15 is 0 Å². The average molecular weight is 491 g/mol. The van der Waals surface area contributed by atoms with E-state index < -0.39 is 21.8 Å². The predicted molar refractivity (Wildman–Crippen MR) is 135 cm³/mol. The van der Waals surface area contributed by atoms with Gasteiger partial charge < -0.3 is 5.11 Å². The van der Waals surface area contributed by atoms with Crippen LogP contribution in [-0.4, -0.2) is 43.2 Å². The van der Waals surface area contributed by atoms with E-state index in [-0.39, 0.29) is 27.5 Å². The number of rotatable bonds is 7. The lowest BCUT2D eigenvalue weighted by molar-refractivity contribution is -0.112. The van der Waals surface area contributed by atoms with Gasteiger partial charge in [-0.3, -0.25) is 9.59 Å². The van der Waals surface area contributed by atoms with E-state index in [0.717, 1.165) is 11.3 Å². The summed E-state index contributed by atoms with van der Waals surface area (Å²) < 4.78 is 27.6. The quantitative estimate of drug-likeness (QED) is 0.294. The van der Waals surface area contributed by atoms with Crippen LogP contribution >= 0.6 is 0 Å². The van der Waals surface area contributed by atoms with Crippen molar-refractivity contribution in [3.63, 3.8) is 0 Å². The molecule has 7 nitrogen and oxygen atoms in total. The number of anilines is 1. The number of aliphatic hydroxyl groups excluding tert-OH is 1. The van der Waals surface area contributed by atoms with Gasteiger partial charge in [0.05, 0.1) is 16.2 Å². The van der Waals surface area contributed by atoms with Gasteiger partial charge in [-0.1, -0.05) is 61.9 Å². The Morgan fingerprint density at radius 2 is 1.54 bits per heavy atom. The topological polar surface area (TPSA) is 95.0 Å². The molecule has 0 saturated carbocycles. The number of carbonyl (C=O) groups is 2. The van der Waals surface area contributed by atoms with Crippen molar-refractivity contribution in [1.82, 2.24) is 4.31 Å². The Kier molecular flexibility index (Phi) is 6.86. The van der Waals surface area contributed by atoms with Crippen LogP contribution in [0.5, 0.6) is 0 Å². The molecule has 0 saturated heterocycles. The Balaban J connectivity index is 1.89. The standard InChI is InChI=1S/C27H26N2O5S/c1-3-4-17-28(2)35(33,34)21-15-16-23-22(18-21)24(25(30)19-11-7-5-8-12-19)27(32)29(23)26(31)20-13-9-6-10-14-20/h5-16,18,30H,3-4,17H2,1-2H3/b25-24-. The van der Waals surface area contributed by atoms with E-state index in [9.17, 15) is 23.1 Å². The molecule has 0 bridgehead atoms. The minimum absolute atomic E-state index is 0.0185. The van der Waals surface area contributed by atoms with Gasteiger partial charge in [0, 0.05) is 30.3 Å². The highest BCUT2D eigenvalue weighted by molar-refractivity contribution is 7.89. The average Bonchev–Trinajstić information content (AvgIpc) is 3.18. The van der Waals surface area contributed by atoms with Crippen molar-refractivity contribution >= 4 is 38.9 Å². The monoisotopic (exact) mass is 490 g/mol. The van der Waals surface area contributed by atoms with Gasteiger partial charge >= 0.3 is 0 Å². The molecule has 35 heavy (non-hydrogen) atoms. The van der Waals surface area contributed by atoms with Gasteiger partial charge in [0.2, 0.25) is 10.0 Å². The highest BCUT2D eigenvalue weighted by Crippen LogP contribution is 2.42. The molecule has 2 amide bonds. The van der Waals surface area contributed by atoms with Gasteiger partial charge in [0.25, 0.3) is 11.8 Å². The highest BCUT2D eigenvalue weighted by atomic mass is 32.2. The lowest BCUT2D eigenvalue weighted by atomic mass is 10.0. The van der Waals surface area contributed by atoms with Gasteiger partial charge in [-0.05, 0) is 36.8 Å². The minimum Gasteiger partial charge on any atom is -0.506 e. The van der Waals surface area contributed by atoms with Crippen molar-refractivity contribution < 1.29 is 23.1 Å². The third-order valence-electron chi connectivity index (χ3n) is 5.94. The summed E-state index contributed by atoms with van der Waals surface area (Å²) in [6, 6.07) is 21.0. The summed E-state index contributed by atoms with van der Waals surface area (Å²) in [6.45, 7) is 2.33. The van der Waals surface area contributed by atoms with Crippen molar-refractivity contribution in [2.45, 2.75) is 24.7 Å². The summed E-state index contributed by atoms with van der Waals surface area (Å²) in [5.41, 5.74) is 0.957. The molecule has 0 radical (unpaired) electrons. The van der Waals surface area contributed by atoms with E-state index in [1.807, 2.05) is 6.92 Å². The van der Waals surface area contributed by atoms with Crippen molar-refractivity contribution in [1.29, 1.82) is 0 Å². The third kappa shape index (κ3) is 4.50. The highest BCUT2D eigenvalue weighted by Gasteiger charge is 2.40. The maximum absolute atomic E-state index is 13.6. The van der Waals surface area contributed by atoms with Crippen LogP contribution in [0.2, 0.25) is 0 Å². The molecule has 0 unspecified atom stereocenters. The first-order valence-corrected chi connectivity index (χ1v) is 12.7. The molecule has 0 aliphatic carbocycles. The van der Waals surface area contributed by atoms with Crippen LogP contribution in [-0.2, 0) is 14.8 Å². The van der Waals surface area contributed by atoms with E-state index in [4.69, 9.17) is 0 Å². The van der Waals surface area contributed by atoms with Crippen molar-refractivity contribution in [2.24, 2.45) is 0 Å². The molecule has 1 N–H and O–H groups in total. The predicted octanol–water partition coefficient (Wildman–Crippen LogP) is 4.72. The number of aliphatic hydroxyl groups is 1. The second kappa shape index (κ2) is 9.85. The summed E-state index contributed by atoms with van der Waals surface area (Å²) in [4.78, 5) is 27.8. The maximum Gasteiger partial charge on any atom is 0.269 e. The fraction of sp³-hybridized carbons (Fsp3) is 0.185. The zero-order valence-corrected chi connectivity index (χ0v) is 20.3. The molecule has 8 heteroatoms. The van der Waals surface area contributed by atoms with E-state index in [0.29, 0.717) is 24.1 Å². The van der Waals surface area contributed by atoms with Crippen LogP contribution in [0.3, 0.4) is 0 Å². The van der Waals surface area contributed by atoms with Gasteiger partial charge in [0.1, 0.15) is 5.76 Å². The minimum atomic E-state index is -3.84. The molecular formula is C27H26N2O5S. The number of carbonyl (C=O) groups excluding carboxylic acids is 2. The number of imide groups is 1. The summed E-state index contributed by atoms with van der Waals surface area (Å²) >= 11 is 0. The van der Waals surface area contributed by atoms with Gasteiger partial charge in [-0.15, -0.1) is 0 Å². The number of benzene rings is 3. The van der Waals surface area contributed by atoms with Gasteiger partial charge in [0.15, 0.2) is 0 Å². The molecule has 1 aliphatic heterocycles. The third-order valence-corrected chi connectivity index (χ3v) is 7.79. The molecule has 0 aromatic heterocycles. The molecule has 3 aromatic rings. The molecule has 4 rings (SSSR count). The first kappa shape index (κ1) is 24.4. The van der Waals surface area contributed by atoms with Gasteiger partial charge in [-0.25, -0.2) is 17.6 Å². The van der Waals surface area contributed by atoms with E-state index in [2.05, 4.69) is 0 Å². The Labute approximate surface area is 205 Å². The smallest absolute Gasteiger partial charge is 0.269 e. The normalized spacial score (nSPS) is 14.8. The molecule has 0 fully saturated rings. The number of amides is 2. The number of hydrogen-bond donors (Lipinski definition) is 1. The summed E-state index contributed by atoms with van der Waals surface area (Å²) in [7, 11) is -2.33. The molecule has 180 valence electrons. The lowest BCUT2D eigenvalue weighted by Gasteiger charge is -2.18.